The van der Waals surface area contributed by atoms with Gasteiger partial charge >= 0.3 is 0 Å². The Morgan fingerprint density at radius 1 is 1.20 bits per heavy atom. The van der Waals surface area contributed by atoms with E-state index in [0.717, 1.165) is 22.0 Å². The topological polar surface area (TPSA) is 104 Å². The van der Waals surface area contributed by atoms with Gasteiger partial charge in [0, 0.05) is 5.02 Å². The van der Waals surface area contributed by atoms with Crippen molar-refractivity contribution in [2.45, 2.75) is 12.1 Å². The summed E-state index contributed by atoms with van der Waals surface area (Å²) in [6, 6.07) is 7.57. The van der Waals surface area contributed by atoms with Crippen molar-refractivity contribution in [3.63, 3.8) is 0 Å². The van der Waals surface area contributed by atoms with Crippen LogP contribution in [0.3, 0.4) is 0 Å². The lowest BCUT2D eigenvalue weighted by atomic mass is 10.1. The van der Waals surface area contributed by atoms with Crippen LogP contribution in [0.5, 0.6) is 5.75 Å². The lowest BCUT2D eigenvalue weighted by molar-refractivity contribution is -0.123. The zero-order valence-corrected chi connectivity index (χ0v) is 16.3. The zero-order chi connectivity index (χ0) is 21.4. The molecule has 11 heteroatoms. The van der Waals surface area contributed by atoms with Gasteiger partial charge in [-0.25, -0.2) is 9.29 Å². The monoisotopic (exact) mass is 431 g/mol. The molecule has 9 nitrogen and oxygen atoms in total. The van der Waals surface area contributed by atoms with E-state index in [1.807, 2.05) is 0 Å². The SMILES string of the molecule is COc1ccc(Cl)cc1NC(=O)CN1N=N[C@H]2C(=O)N(c3ccc(F)cc3)C(=O)[C@@H]21. The molecule has 2 aliphatic rings. The zero-order valence-electron chi connectivity index (χ0n) is 15.6. The molecular weight excluding hydrogens is 417 g/mol. The Morgan fingerprint density at radius 3 is 2.63 bits per heavy atom. The standard InChI is InChI=1S/C19H15ClFN5O4/c1-30-14-7-2-10(20)8-13(14)22-15(27)9-25-17-16(23-24-25)18(28)26(19(17)29)12-5-3-11(21)4-6-12/h2-8,16-17H,9H2,1H3,(H,22,27)/t16-,17-/m1/s1. The van der Waals surface area contributed by atoms with Gasteiger partial charge < -0.3 is 10.1 Å². The molecule has 1 saturated heterocycles. The number of benzene rings is 2. The van der Waals surface area contributed by atoms with Gasteiger partial charge in [0.1, 0.15) is 18.1 Å². The average molecular weight is 432 g/mol. The van der Waals surface area contributed by atoms with E-state index in [9.17, 15) is 18.8 Å². The van der Waals surface area contributed by atoms with Gasteiger partial charge in [-0.15, -0.1) is 0 Å². The van der Waals surface area contributed by atoms with Crippen molar-refractivity contribution in [1.29, 1.82) is 0 Å². The number of hydrogen-bond acceptors (Lipinski definition) is 7. The highest BCUT2D eigenvalue weighted by Gasteiger charge is 2.55. The number of halogens is 2. The third-order valence-corrected chi connectivity index (χ3v) is 4.92. The molecule has 30 heavy (non-hydrogen) atoms. The first kappa shape index (κ1) is 19.8. The van der Waals surface area contributed by atoms with Gasteiger partial charge in [-0.1, -0.05) is 16.8 Å². The van der Waals surface area contributed by atoms with Gasteiger partial charge in [0.2, 0.25) is 5.91 Å². The quantitative estimate of drug-likeness (QED) is 0.732. The van der Waals surface area contributed by atoms with Crippen molar-refractivity contribution in [2.24, 2.45) is 10.3 Å². The third-order valence-electron chi connectivity index (χ3n) is 4.68. The maximum Gasteiger partial charge on any atom is 0.263 e. The average Bonchev–Trinajstić information content (AvgIpc) is 3.23. The molecule has 0 aromatic heterocycles. The number of amides is 3. The van der Waals surface area contributed by atoms with Crippen molar-refractivity contribution >= 4 is 40.7 Å². The van der Waals surface area contributed by atoms with Gasteiger partial charge in [0.15, 0.2) is 12.1 Å². The molecule has 154 valence electrons. The van der Waals surface area contributed by atoms with Crippen LogP contribution in [-0.2, 0) is 14.4 Å². The minimum Gasteiger partial charge on any atom is -0.495 e. The van der Waals surface area contributed by atoms with Crippen LogP contribution in [0.25, 0.3) is 0 Å². The number of carbonyl (C=O) groups is 3. The molecule has 0 unspecified atom stereocenters. The summed E-state index contributed by atoms with van der Waals surface area (Å²) in [4.78, 5) is 38.9. The van der Waals surface area contributed by atoms with E-state index in [1.54, 1.807) is 12.1 Å². The summed E-state index contributed by atoms with van der Waals surface area (Å²) >= 11 is 5.96. The van der Waals surface area contributed by atoms with Crippen molar-refractivity contribution in [3.8, 4) is 5.75 Å². The Labute approximate surface area is 175 Å². The highest BCUT2D eigenvalue weighted by atomic mass is 35.5. The molecule has 2 atom stereocenters. The van der Waals surface area contributed by atoms with Crippen LogP contribution in [0.1, 0.15) is 0 Å². The molecule has 0 radical (unpaired) electrons. The number of hydrogen-bond donors (Lipinski definition) is 1. The van der Waals surface area contributed by atoms with E-state index in [4.69, 9.17) is 16.3 Å². The summed E-state index contributed by atoms with van der Waals surface area (Å²) in [5.74, 6) is -1.76. The number of imide groups is 1. The van der Waals surface area contributed by atoms with Gasteiger partial charge in [-0.2, -0.15) is 5.11 Å². The molecule has 0 saturated carbocycles. The van der Waals surface area contributed by atoms with E-state index < -0.39 is 35.6 Å². The molecule has 1 N–H and O–H groups in total. The van der Waals surface area contributed by atoms with Crippen LogP contribution >= 0.6 is 11.6 Å². The van der Waals surface area contributed by atoms with Crippen LogP contribution in [0.15, 0.2) is 52.8 Å². The summed E-state index contributed by atoms with van der Waals surface area (Å²) in [5.41, 5.74) is 0.577. The van der Waals surface area contributed by atoms with Crippen molar-refractivity contribution in [2.75, 3.05) is 23.9 Å². The van der Waals surface area contributed by atoms with Gasteiger partial charge in [0.25, 0.3) is 11.8 Å². The number of nitrogens with one attached hydrogen (secondary N) is 1. The normalized spacial score (nSPS) is 20.0. The van der Waals surface area contributed by atoms with Gasteiger partial charge in [-0.05, 0) is 42.5 Å². The molecule has 0 bridgehead atoms. The first-order chi connectivity index (χ1) is 14.4. The number of fused-ring (bicyclic) bond motifs is 1. The van der Waals surface area contributed by atoms with Crippen molar-refractivity contribution < 1.29 is 23.5 Å². The number of nitrogens with zero attached hydrogens (tertiary/aromatic N) is 4. The number of carbonyl (C=O) groups excluding carboxylic acids is 3. The van der Waals surface area contributed by atoms with Crippen LogP contribution in [-0.4, -0.2) is 48.5 Å². The Morgan fingerprint density at radius 2 is 1.93 bits per heavy atom. The molecule has 2 aromatic rings. The van der Waals surface area contributed by atoms with E-state index in [2.05, 4.69) is 15.7 Å². The molecule has 3 amide bonds. The number of ether oxygens (including phenoxy) is 1. The molecule has 2 aromatic carbocycles. The fraction of sp³-hybridized carbons (Fsp3) is 0.211. The maximum atomic E-state index is 13.2. The second kappa shape index (κ2) is 7.71. The predicted octanol–water partition coefficient (Wildman–Crippen LogP) is 2.42. The summed E-state index contributed by atoms with van der Waals surface area (Å²) < 4.78 is 18.4. The maximum absolute atomic E-state index is 13.2. The molecule has 0 spiro atoms. The highest BCUT2D eigenvalue weighted by Crippen LogP contribution is 2.32. The Kier molecular flexibility index (Phi) is 5.08. The van der Waals surface area contributed by atoms with E-state index in [-0.39, 0.29) is 12.2 Å². The van der Waals surface area contributed by atoms with Crippen LogP contribution in [0, 0.1) is 5.82 Å². The van der Waals surface area contributed by atoms with Crippen LogP contribution in [0.4, 0.5) is 15.8 Å². The molecule has 4 rings (SSSR count). The predicted molar refractivity (Wildman–Crippen MR) is 105 cm³/mol. The highest BCUT2D eigenvalue weighted by molar-refractivity contribution is 6.31. The molecule has 2 aliphatic heterocycles. The smallest absolute Gasteiger partial charge is 0.263 e. The van der Waals surface area contributed by atoms with Gasteiger partial charge in [0.05, 0.1) is 18.5 Å². The Hall–Kier alpha value is -3.53. The van der Waals surface area contributed by atoms with Gasteiger partial charge in [-0.3, -0.25) is 19.4 Å². The Bertz CT molecular complexity index is 1060. The minimum absolute atomic E-state index is 0.226. The van der Waals surface area contributed by atoms with Crippen molar-refractivity contribution in [3.05, 3.63) is 53.3 Å². The van der Waals surface area contributed by atoms with E-state index >= 15 is 0 Å². The second-order valence-electron chi connectivity index (χ2n) is 6.57. The summed E-state index contributed by atoms with van der Waals surface area (Å²) in [6.45, 7) is -0.323. The number of methoxy groups -OCH3 is 1. The molecule has 2 heterocycles. The van der Waals surface area contributed by atoms with Crippen LogP contribution in [0.2, 0.25) is 5.02 Å². The van der Waals surface area contributed by atoms with E-state index in [1.165, 1.54) is 25.3 Å². The molecular formula is C19H15ClFN5O4. The second-order valence-corrected chi connectivity index (χ2v) is 7.01. The fourth-order valence-electron chi connectivity index (χ4n) is 3.31. The van der Waals surface area contributed by atoms with Crippen molar-refractivity contribution in [1.82, 2.24) is 5.01 Å². The molecule has 0 aliphatic carbocycles. The van der Waals surface area contributed by atoms with E-state index in [0.29, 0.717) is 16.5 Å². The summed E-state index contributed by atoms with van der Waals surface area (Å²) in [5, 5.41) is 11.9. The summed E-state index contributed by atoms with van der Waals surface area (Å²) in [7, 11) is 1.45. The fourth-order valence-corrected chi connectivity index (χ4v) is 3.49. The number of rotatable bonds is 5. The summed E-state index contributed by atoms with van der Waals surface area (Å²) in [6.07, 6.45) is 0. The number of anilines is 2. The third kappa shape index (κ3) is 3.45. The van der Waals surface area contributed by atoms with Crippen LogP contribution < -0.4 is 15.0 Å². The first-order valence-corrected chi connectivity index (χ1v) is 9.21. The lowest BCUT2D eigenvalue weighted by Crippen LogP contribution is -2.43. The minimum atomic E-state index is -1.06. The molecule has 1 fully saturated rings. The lowest BCUT2D eigenvalue weighted by Gasteiger charge is -2.20. The largest absolute Gasteiger partial charge is 0.495 e. The first-order valence-electron chi connectivity index (χ1n) is 8.83. The Balaban J connectivity index is 1.49.